The maximum Gasteiger partial charge on any atom is 0.417 e. The molecule has 16 heteroatoms. The minimum atomic E-state index is -4.58. The zero-order chi connectivity index (χ0) is 27.6. The Bertz CT molecular complexity index is 1580. The van der Waals surface area contributed by atoms with E-state index in [4.69, 9.17) is 44.1 Å². The number of likely N-dealkylation sites (tertiary alicyclic amines) is 1. The normalized spacial score (nSPS) is 17.8. The molecular formula is C22H17B2Cl3F3N5O3. The van der Waals surface area contributed by atoms with Crippen LogP contribution in [0.15, 0.2) is 35.1 Å². The zero-order valence-corrected chi connectivity index (χ0v) is 22.4. The second-order valence-corrected chi connectivity index (χ2v) is 10.9. The molecule has 38 heavy (non-hydrogen) atoms. The molecule has 196 valence electrons. The highest BCUT2D eigenvalue weighted by atomic mass is 35.5. The highest BCUT2D eigenvalue weighted by Crippen LogP contribution is 2.39. The number of ether oxygens (including phenoxy) is 1. The van der Waals surface area contributed by atoms with Gasteiger partial charge in [0.15, 0.2) is 5.65 Å². The monoisotopic (exact) mass is 583 g/mol. The number of hydrogen-bond donors (Lipinski definition) is 0. The number of alkyl halides is 3. The second-order valence-electron chi connectivity index (χ2n) is 9.63. The lowest BCUT2D eigenvalue weighted by molar-refractivity contribution is -0.138. The molecule has 3 aromatic heterocycles. The van der Waals surface area contributed by atoms with E-state index in [-0.39, 0.29) is 50.1 Å². The van der Waals surface area contributed by atoms with Crippen molar-refractivity contribution < 1.29 is 27.2 Å². The fourth-order valence-electron chi connectivity index (χ4n) is 4.43. The maximum absolute atomic E-state index is 13.1. The lowest BCUT2D eigenvalue weighted by Crippen LogP contribution is -2.51. The molecule has 1 fully saturated rings. The van der Waals surface area contributed by atoms with E-state index in [1.165, 1.54) is 18.3 Å². The van der Waals surface area contributed by atoms with Crippen molar-refractivity contribution in [1.82, 2.24) is 24.4 Å². The van der Waals surface area contributed by atoms with Crippen LogP contribution in [0.2, 0.25) is 20.3 Å². The highest BCUT2D eigenvalue weighted by molar-refractivity contribution is 6.50. The number of rotatable bonds is 4. The summed E-state index contributed by atoms with van der Waals surface area (Å²) in [4.78, 5) is 22.5. The van der Waals surface area contributed by atoms with Crippen molar-refractivity contribution in [3.8, 4) is 28.7 Å². The number of benzene rings is 1. The van der Waals surface area contributed by atoms with E-state index in [0.29, 0.717) is 24.3 Å². The predicted octanol–water partition coefficient (Wildman–Crippen LogP) is 4.02. The van der Waals surface area contributed by atoms with Crippen LogP contribution in [-0.2, 0) is 11.0 Å². The molecular weight excluding hydrogens is 567 g/mol. The number of aromatic nitrogens is 4. The third-order valence-electron chi connectivity index (χ3n) is 6.18. The van der Waals surface area contributed by atoms with Gasteiger partial charge < -0.3 is 18.6 Å². The summed E-state index contributed by atoms with van der Waals surface area (Å²) < 4.78 is 51.9. The van der Waals surface area contributed by atoms with Gasteiger partial charge in [0.2, 0.25) is 11.7 Å². The van der Waals surface area contributed by atoms with Gasteiger partial charge in [0.05, 0.1) is 27.2 Å². The summed E-state index contributed by atoms with van der Waals surface area (Å²) in [6.45, 7) is 0.402. The van der Waals surface area contributed by atoms with Crippen molar-refractivity contribution in [2.45, 2.75) is 23.9 Å². The number of imidazole rings is 1. The van der Waals surface area contributed by atoms with Crippen LogP contribution in [0.4, 0.5) is 13.2 Å². The Labute approximate surface area is 230 Å². The van der Waals surface area contributed by atoms with E-state index in [0.717, 1.165) is 16.7 Å². The molecule has 0 spiro atoms. The van der Waals surface area contributed by atoms with Crippen molar-refractivity contribution in [3.05, 3.63) is 51.2 Å². The van der Waals surface area contributed by atoms with Crippen molar-refractivity contribution in [1.29, 1.82) is 0 Å². The van der Waals surface area contributed by atoms with Gasteiger partial charge in [-0.25, -0.2) is 4.98 Å². The maximum atomic E-state index is 13.1. The number of halogens is 6. The third-order valence-corrected chi connectivity index (χ3v) is 7.06. The zero-order valence-electron chi connectivity index (χ0n) is 20.1. The molecule has 0 saturated carbocycles. The topological polar surface area (TPSA) is 85.8 Å². The fourth-order valence-corrected chi connectivity index (χ4v) is 5.13. The molecule has 0 N–H and O–H groups in total. The SMILES string of the molecule is BC1(B)CC(Oc2cc(Cl)c(-c3noc(-c4cn5cc(C(F)(F)F)cc(Cl)c5n4)n3)cc2Cl)CN(C)C1=O. The third kappa shape index (κ3) is 4.94. The molecule has 5 rings (SSSR count). The minimum absolute atomic E-state index is 0.0402. The van der Waals surface area contributed by atoms with E-state index in [9.17, 15) is 18.0 Å². The van der Waals surface area contributed by atoms with E-state index in [1.54, 1.807) is 11.9 Å². The Hall–Kier alpha value is -2.89. The molecule has 4 aromatic rings. The first-order valence-corrected chi connectivity index (χ1v) is 12.4. The summed E-state index contributed by atoms with van der Waals surface area (Å²) in [5.74, 6) is 0.404. The Morgan fingerprint density at radius 3 is 2.53 bits per heavy atom. The quantitative estimate of drug-likeness (QED) is 0.337. The van der Waals surface area contributed by atoms with Crippen molar-refractivity contribution >= 4 is 62.0 Å². The van der Waals surface area contributed by atoms with Gasteiger partial charge in [0, 0.05) is 31.1 Å². The first-order valence-electron chi connectivity index (χ1n) is 11.2. The van der Waals surface area contributed by atoms with Gasteiger partial charge in [-0.05, 0) is 23.8 Å². The number of piperidine rings is 1. The number of likely N-dealkylation sites (N-methyl/N-ethyl adjacent to an activating group) is 1. The van der Waals surface area contributed by atoms with Gasteiger partial charge >= 0.3 is 6.18 Å². The number of hydrogen-bond acceptors (Lipinski definition) is 6. The molecule has 0 aliphatic carbocycles. The Kier molecular flexibility index (Phi) is 6.60. The average molecular weight is 584 g/mol. The fraction of sp³-hybridized carbons (Fsp3) is 0.273. The van der Waals surface area contributed by atoms with E-state index in [2.05, 4.69) is 15.1 Å². The van der Waals surface area contributed by atoms with Crippen LogP contribution in [0.5, 0.6) is 5.75 Å². The van der Waals surface area contributed by atoms with Crippen LogP contribution in [-0.4, -0.2) is 65.7 Å². The molecule has 1 aliphatic rings. The van der Waals surface area contributed by atoms with Gasteiger partial charge in [-0.1, -0.05) is 40.0 Å². The van der Waals surface area contributed by atoms with Crippen LogP contribution in [0.25, 0.3) is 28.6 Å². The summed E-state index contributed by atoms with van der Waals surface area (Å²) in [7, 11) is 5.44. The van der Waals surface area contributed by atoms with E-state index in [1.807, 2.05) is 15.7 Å². The Morgan fingerprint density at radius 2 is 1.84 bits per heavy atom. The van der Waals surface area contributed by atoms with Crippen molar-refractivity contribution in [2.75, 3.05) is 13.6 Å². The van der Waals surface area contributed by atoms with Crippen LogP contribution in [0.1, 0.15) is 12.0 Å². The Balaban J connectivity index is 1.41. The summed E-state index contributed by atoms with van der Waals surface area (Å²) in [6, 6.07) is 3.84. The van der Waals surface area contributed by atoms with Crippen LogP contribution in [0, 0.1) is 0 Å². The van der Waals surface area contributed by atoms with Crippen molar-refractivity contribution in [3.63, 3.8) is 0 Å². The minimum Gasteiger partial charge on any atom is -0.487 e. The van der Waals surface area contributed by atoms with Gasteiger partial charge in [-0.2, -0.15) is 18.2 Å². The lowest BCUT2D eigenvalue weighted by atomic mass is 9.50. The van der Waals surface area contributed by atoms with Crippen LogP contribution in [0.3, 0.4) is 0 Å². The van der Waals surface area contributed by atoms with E-state index >= 15 is 0 Å². The average Bonchev–Trinajstić information content (AvgIpc) is 3.46. The molecule has 1 amide bonds. The number of amides is 1. The van der Waals surface area contributed by atoms with Crippen molar-refractivity contribution in [2.24, 2.45) is 0 Å². The smallest absolute Gasteiger partial charge is 0.417 e. The lowest BCUT2D eigenvalue weighted by Gasteiger charge is -2.40. The number of carbonyl (C=O) groups is 1. The van der Waals surface area contributed by atoms with Gasteiger partial charge in [-0.3, -0.25) is 4.79 Å². The molecule has 1 saturated heterocycles. The second kappa shape index (κ2) is 9.39. The predicted molar refractivity (Wildman–Crippen MR) is 140 cm³/mol. The van der Waals surface area contributed by atoms with Crippen LogP contribution < -0.4 is 4.74 Å². The molecule has 0 bridgehead atoms. The molecule has 0 radical (unpaired) electrons. The molecule has 1 aromatic carbocycles. The largest absolute Gasteiger partial charge is 0.487 e. The highest BCUT2D eigenvalue weighted by Gasteiger charge is 2.39. The number of nitrogens with zero attached hydrogens (tertiary/aromatic N) is 5. The molecule has 4 heterocycles. The first-order chi connectivity index (χ1) is 17.7. The molecule has 1 atom stereocenters. The molecule has 8 nitrogen and oxygen atoms in total. The summed E-state index contributed by atoms with van der Waals surface area (Å²) >= 11 is 19.0. The first kappa shape index (κ1) is 26.7. The Morgan fingerprint density at radius 1 is 1.11 bits per heavy atom. The number of carbonyl (C=O) groups excluding carboxylic acids is 1. The standard InChI is InChI=1S/C22H17B2Cl3F3N5O3/c1-34-7-10(5-21(23,24)20(34)36)37-16-4-12(25)11(3-13(16)26)17-32-19(38-33-17)15-8-35-6-9(22(28,29)30)2-14(27)18(35)31-15/h2-4,6,8,10H,5,7,23-24H2,1H3. The summed E-state index contributed by atoms with van der Waals surface area (Å²) in [5, 5.41) is 3.62. The van der Waals surface area contributed by atoms with Gasteiger partial charge in [-0.15, -0.1) is 0 Å². The molecule has 1 aliphatic heterocycles. The van der Waals surface area contributed by atoms with E-state index < -0.39 is 17.0 Å². The number of fused-ring (bicyclic) bond motifs is 1. The van der Waals surface area contributed by atoms with Gasteiger partial charge in [0.25, 0.3) is 5.89 Å². The van der Waals surface area contributed by atoms with Crippen LogP contribution >= 0.6 is 34.8 Å². The number of pyridine rings is 1. The molecule has 1 unspecified atom stereocenters. The van der Waals surface area contributed by atoms with Gasteiger partial charge in [0.1, 0.15) is 33.2 Å². The summed E-state index contributed by atoms with van der Waals surface area (Å²) in [5.41, 5.74) is -0.374. The summed E-state index contributed by atoms with van der Waals surface area (Å²) in [6.07, 6.45) is -2.19.